The molecule has 1 heteroatoms. The molecule has 0 unspecified atom stereocenters. The Morgan fingerprint density at radius 1 is 0.900 bits per heavy atom. The van der Waals surface area contributed by atoms with E-state index in [2.05, 4.69) is 81.1 Å². The molecule has 20 heavy (non-hydrogen) atoms. The van der Waals surface area contributed by atoms with Crippen molar-refractivity contribution in [2.75, 3.05) is 0 Å². The quantitative estimate of drug-likeness (QED) is 0.674. The van der Waals surface area contributed by atoms with E-state index in [9.17, 15) is 0 Å². The summed E-state index contributed by atoms with van der Waals surface area (Å²) in [4.78, 5) is 0. The fourth-order valence-corrected chi connectivity index (χ4v) is 4.02. The van der Waals surface area contributed by atoms with Crippen molar-refractivity contribution >= 4 is 9.52 Å². The smallest absolute Gasteiger partial charge is 0.0841 e. The molecule has 0 aliphatic heterocycles. The standard InChI is InChI=1S/C19H22Si/c1-4-5-14-20-19(17-12-8-6-10-15(17)2)18-13-9-7-11-16(18)3/h5-14,19H,4H2,1-3H3. The van der Waals surface area contributed by atoms with Crippen LogP contribution in [0, 0.1) is 13.8 Å². The molecule has 0 fully saturated rings. The van der Waals surface area contributed by atoms with E-state index >= 15 is 0 Å². The van der Waals surface area contributed by atoms with Gasteiger partial charge in [-0.25, -0.2) is 0 Å². The van der Waals surface area contributed by atoms with Crippen LogP contribution >= 0.6 is 0 Å². The molecule has 2 aromatic carbocycles. The Bertz CT molecular complexity index is 538. The Labute approximate surface area is 125 Å². The van der Waals surface area contributed by atoms with Gasteiger partial charge >= 0.3 is 0 Å². The third-order valence-electron chi connectivity index (χ3n) is 3.62. The molecule has 0 N–H and O–H groups in total. The zero-order valence-electron chi connectivity index (χ0n) is 12.6. The lowest BCUT2D eigenvalue weighted by Crippen LogP contribution is -2.11. The summed E-state index contributed by atoms with van der Waals surface area (Å²) in [7, 11) is 0.797. The summed E-state index contributed by atoms with van der Waals surface area (Å²) in [6.07, 6.45) is 3.39. The van der Waals surface area contributed by atoms with Crippen molar-refractivity contribution in [1.82, 2.24) is 0 Å². The molecule has 2 rings (SSSR count). The molecule has 0 atom stereocenters. The number of rotatable bonds is 5. The first-order valence-corrected chi connectivity index (χ1v) is 8.41. The van der Waals surface area contributed by atoms with Crippen LogP contribution in [0.2, 0.25) is 0 Å². The van der Waals surface area contributed by atoms with Crippen molar-refractivity contribution in [2.45, 2.75) is 32.7 Å². The Kier molecular flexibility index (Phi) is 5.37. The van der Waals surface area contributed by atoms with Crippen LogP contribution in [-0.4, -0.2) is 9.52 Å². The average molecular weight is 278 g/mol. The minimum absolute atomic E-state index is 0.486. The first-order valence-electron chi connectivity index (χ1n) is 7.26. The van der Waals surface area contributed by atoms with Gasteiger partial charge in [-0.15, -0.1) is 5.70 Å². The SMILES string of the molecule is CCC=C[Si]C(c1ccccc1C)c1ccccc1C. The largest absolute Gasteiger partial charge is 0.102 e. The molecule has 102 valence electrons. The molecule has 0 aliphatic carbocycles. The van der Waals surface area contributed by atoms with Gasteiger partial charge in [-0.1, -0.05) is 61.5 Å². The summed E-state index contributed by atoms with van der Waals surface area (Å²) in [6, 6.07) is 17.5. The molecule has 0 spiro atoms. The van der Waals surface area contributed by atoms with Gasteiger partial charge in [0, 0.05) is 5.54 Å². The van der Waals surface area contributed by atoms with Gasteiger partial charge in [-0.2, -0.15) is 0 Å². The van der Waals surface area contributed by atoms with Crippen molar-refractivity contribution in [3.63, 3.8) is 0 Å². The molecule has 0 nitrogen and oxygen atoms in total. The lowest BCUT2D eigenvalue weighted by Gasteiger charge is -2.20. The number of allylic oxidation sites excluding steroid dienone is 1. The van der Waals surface area contributed by atoms with Crippen molar-refractivity contribution in [2.24, 2.45) is 0 Å². The second kappa shape index (κ2) is 7.25. The van der Waals surface area contributed by atoms with Crippen molar-refractivity contribution < 1.29 is 0 Å². The van der Waals surface area contributed by atoms with Gasteiger partial charge in [0.15, 0.2) is 0 Å². The van der Waals surface area contributed by atoms with E-state index in [0.717, 1.165) is 15.9 Å². The first kappa shape index (κ1) is 14.8. The molecule has 0 amide bonds. The molecular formula is C19H22Si. The van der Waals surface area contributed by atoms with E-state index in [1.807, 2.05) is 0 Å². The maximum absolute atomic E-state index is 2.35. The van der Waals surface area contributed by atoms with Crippen LogP contribution in [0.5, 0.6) is 0 Å². The highest BCUT2D eigenvalue weighted by molar-refractivity contribution is 6.45. The molecular weight excluding hydrogens is 256 g/mol. The summed E-state index contributed by atoms with van der Waals surface area (Å²) in [5.74, 6) is 0. The van der Waals surface area contributed by atoms with Gasteiger partial charge in [0.25, 0.3) is 0 Å². The molecule has 0 heterocycles. The van der Waals surface area contributed by atoms with E-state index in [1.165, 1.54) is 22.3 Å². The minimum Gasteiger partial charge on any atom is -0.102 e. The summed E-state index contributed by atoms with van der Waals surface area (Å²) in [5, 5.41) is 0. The number of hydrogen-bond donors (Lipinski definition) is 0. The minimum atomic E-state index is 0.486. The van der Waals surface area contributed by atoms with Crippen LogP contribution < -0.4 is 0 Å². The highest BCUT2D eigenvalue weighted by Crippen LogP contribution is 2.28. The van der Waals surface area contributed by atoms with Crippen LogP contribution in [0.15, 0.2) is 60.3 Å². The summed E-state index contributed by atoms with van der Waals surface area (Å²) < 4.78 is 0. The Balaban J connectivity index is 2.43. The third kappa shape index (κ3) is 3.49. The second-order valence-electron chi connectivity index (χ2n) is 5.12. The summed E-state index contributed by atoms with van der Waals surface area (Å²) >= 11 is 0. The van der Waals surface area contributed by atoms with Crippen molar-refractivity contribution in [3.05, 3.63) is 82.6 Å². The van der Waals surface area contributed by atoms with Gasteiger partial charge in [-0.05, 0) is 42.5 Å². The Hall–Kier alpha value is -1.60. The molecule has 0 aliphatic rings. The Morgan fingerprint density at radius 3 is 1.85 bits per heavy atom. The van der Waals surface area contributed by atoms with E-state index in [4.69, 9.17) is 0 Å². The maximum Gasteiger partial charge on any atom is 0.0841 e. The van der Waals surface area contributed by atoms with Crippen molar-refractivity contribution in [3.8, 4) is 0 Å². The molecule has 2 radical (unpaired) electrons. The summed E-state index contributed by atoms with van der Waals surface area (Å²) in [5.41, 5.74) is 8.53. The fraction of sp³-hybridized carbons (Fsp3) is 0.263. The highest BCUT2D eigenvalue weighted by Gasteiger charge is 2.16. The normalized spacial score (nSPS) is 11.4. The van der Waals surface area contributed by atoms with Gasteiger partial charge in [-0.3, -0.25) is 0 Å². The lowest BCUT2D eigenvalue weighted by molar-refractivity contribution is 1.08. The van der Waals surface area contributed by atoms with E-state index in [-0.39, 0.29) is 0 Å². The van der Waals surface area contributed by atoms with Crippen LogP contribution in [0.3, 0.4) is 0 Å². The van der Waals surface area contributed by atoms with Gasteiger partial charge in [0.05, 0.1) is 9.52 Å². The highest BCUT2D eigenvalue weighted by atomic mass is 28.2. The van der Waals surface area contributed by atoms with Gasteiger partial charge in [0.1, 0.15) is 0 Å². The predicted molar refractivity (Wildman–Crippen MR) is 89.4 cm³/mol. The molecule has 0 saturated heterocycles. The zero-order chi connectivity index (χ0) is 14.4. The molecule has 2 aromatic rings. The zero-order valence-corrected chi connectivity index (χ0v) is 13.6. The molecule has 0 saturated carbocycles. The van der Waals surface area contributed by atoms with E-state index in [1.54, 1.807) is 0 Å². The summed E-state index contributed by atoms with van der Waals surface area (Å²) in [6.45, 7) is 6.63. The van der Waals surface area contributed by atoms with E-state index in [0.29, 0.717) is 5.54 Å². The monoisotopic (exact) mass is 278 g/mol. The van der Waals surface area contributed by atoms with Crippen molar-refractivity contribution in [1.29, 1.82) is 0 Å². The van der Waals surface area contributed by atoms with Crippen LogP contribution in [0.1, 0.15) is 41.1 Å². The van der Waals surface area contributed by atoms with Gasteiger partial charge in [0.2, 0.25) is 0 Å². The molecule has 0 aromatic heterocycles. The first-order chi connectivity index (χ1) is 9.74. The maximum atomic E-state index is 2.35. The van der Waals surface area contributed by atoms with E-state index < -0.39 is 0 Å². The number of benzene rings is 2. The second-order valence-corrected chi connectivity index (χ2v) is 6.37. The average Bonchev–Trinajstić information content (AvgIpc) is 2.46. The Morgan fingerprint density at radius 2 is 1.40 bits per heavy atom. The molecule has 0 bridgehead atoms. The predicted octanol–water partition coefficient (Wildman–Crippen LogP) is 5.02. The van der Waals surface area contributed by atoms with Gasteiger partial charge < -0.3 is 0 Å². The third-order valence-corrected chi connectivity index (χ3v) is 5.00. The number of aryl methyl sites for hydroxylation is 2. The number of hydrogen-bond acceptors (Lipinski definition) is 0. The fourth-order valence-electron chi connectivity index (χ4n) is 2.45. The van der Waals surface area contributed by atoms with Crippen LogP contribution in [0.4, 0.5) is 0 Å². The van der Waals surface area contributed by atoms with Crippen LogP contribution in [0.25, 0.3) is 0 Å². The van der Waals surface area contributed by atoms with Crippen LogP contribution in [-0.2, 0) is 0 Å². The lowest BCUT2D eigenvalue weighted by atomic mass is 9.97. The topological polar surface area (TPSA) is 0 Å².